The minimum absolute atomic E-state index is 0.00817. The van der Waals surface area contributed by atoms with Gasteiger partial charge in [0.15, 0.2) is 18.2 Å². The van der Waals surface area contributed by atoms with Crippen molar-refractivity contribution in [3.63, 3.8) is 0 Å². The maximum atomic E-state index is 15.0. The van der Waals surface area contributed by atoms with Crippen molar-refractivity contribution >= 4 is 30.0 Å². The summed E-state index contributed by atoms with van der Waals surface area (Å²) in [4.78, 5) is 29.6. The minimum atomic E-state index is -3.61. The second-order valence-electron chi connectivity index (χ2n) is 14.1. The standard InChI is InChI=1S/C32H42F2N2O5SSi/c1-18-12-26(34)24(16-25(18)33)29(19-8-9-19)35-30(37)28-14-21-13-27(21)36(28)31(38)23-15-22(42(5,39)40)11-10-20(23)17-41-43(6,7)32(2,3)4/h10-12,15-16,19,21,27-29H,8-9,13-14,17H2,1-7H3,(H,35,37)/t21?,27-,28-,29-/m1/s1. The molecule has 2 amide bonds. The quantitative estimate of drug-likeness (QED) is 0.339. The van der Waals surface area contributed by atoms with E-state index >= 15 is 0 Å². The fourth-order valence-corrected chi connectivity index (χ4v) is 7.33. The zero-order valence-corrected chi connectivity index (χ0v) is 27.8. The average molecular weight is 633 g/mol. The van der Waals surface area contributed by atoms with Gasteiger partial charge >= 0.3 is 0 Å². The summed E-state index contributed by atoms with van der Waals surface area (Å²) in [5.41, 5.74) is 1.08. The molecule has 2 aromatic carbocycles. The fourth-order valence-electron chi connectivity index (χ4n) is 5.74. The molecule has 1 unspecified atom stereocenters. The highest BCUT2D eigenvalue weighted by atomic mass is 32.2. The number of likely N-dealkylation sites (tertiary alicyclic amines) is 1. The summed E-state index contributed by atoms with van der Waals surface area (Å²) in [6, 6.07) is 5.19. The van der Waals surface area contributed by atoms with E-state index in [-0.39, 0.29) is 51.1 Å². The van der Waals surface area contributed by atoms with Crippen molar-refractivity contribution in [3.05, 3.63) is 64.2 Å². The predicted molar refractivity (Wildman–Crippen MR) is 163 cm³/mol. The van der Waals surface area contributed by atoms with E-state index in [0.717, 1.165) is 37.7 Å². The largest absolute Gasteiger partial charge is 0.413 e. The molecular weight excluding hydrogens is 591 g/mol. The van der Waals surface area contributed by atoms with Crippen molar-refractivity contribution < 1.29 is 31.2 Å². The lowest BCUT2D eigenvalue weighted by Gasteiger charge is -2.36. The Bertz CT molecular complexity index is 1570. The number of benzene rings is 2. The molecule has 43 heavy (non-hydrogen) atoms. The van der Waals surface area contributed by atoms with Crippen LogP contribution in [-0.2, 0) is 25.7 Å². The molecule has 5 rings (SSSR count). The van der Waals surface area contributed by atoms with E-state index in [1.165, 1.54) is 19.1 Å². The van der Waals surface area contributed by atoms with Gasteiger partial charge < -0.3 is 14.6 Å². The molecule has 7 nitrogen and oxygen atoms in total. The van der Waals surface area contributed by atoms with Crippen molar-refractivity contribution in [3.8, 4) is 0 Å². The number of nitrogens with one attached hydrogen (secondary N) is 1. The van der Waals surface area contributed by atoms with E-state index in [4.69, 9.17) is 4.43 Å². The third kappa shape index (κ3) is 6.44. The number of amides is 2. The first kappa shape index (κ1) is 31.8. The molecule has 4 atom stereocenters. The van der Waals surface area contributed by atoms with E-state index in [9.17, 15) is 26.8 Å². The number of sulfone groups is 1. The van der Waals surface area contributed by atoms with Crippen molar-refractivity contribution in [2.24, 2.45) is 11.8 Å². The molecule has 3 aliphatic rings. The van der Waals surface area contributed by atoms with Crippen LogP contribution in [0.4, 0.5) is 8.78 Å². The van der Waals surface area contributed by atoms with Gasteiger partial charge in [0.05, 0.1) is 17.5 Å². The van der Waals surface area contributed by atoms with Crippen LogP contribution < -0.4 is 5.32 Å². The van der Waals surface area contributed by atoms with E-state index in [1.54, 1.807) is 11.0 Å². The summed E-state index contributed by atoms with van der Waals surface area (Å²) < 4.78 is 60.7. The Kier molecular flexibility index (Phi) is 8.18. The number of fused-ring (bicyclic) bond motifs is 1. The number of piperidine rings is 1. The smallest absolute Gasteiger partial charge is 0.255 e. The summed E-state index contributed by atoms with van der Waals surface area (Å²) >= 11 is 0. The highest BCUT2D eigenvalue weighted by Gasteiger charge is 2.56. The Hall–Kier alpha value is -2.63. The Morgan fingerprint density at radius 1 is 1.09 bits per heavy atom. The maximum Gasteiger partial charge on any atom is 0.255 e. The van der Waals surface area contributed by atoms with Crippen LogP contribution >= 0.6 is 0 Å². The molecule has 1 N–H and O–H groups in total. The maximum absolute atomic E-state index is 15.0. The monoisotopic (exact) mass is 632 g/mol. The van der Waals surface area contributed by atoms with Gasteiger partial charge in [0.25, 0.3) is 5.91 Å². The highest BCUT2D eigenvalue weighted by molar-refractivity contribution is 7.90. The van der Waals surface area contributed by atoms with Crippen LogP contribution in [0.2, 0.25) is 18.1 Å². The molecule has 3 fully saturated rings. The van der Waals surface area contributed by atoms with Crippen molar-refractivity contribution in [1.82, 2.24) is 10.2 Å². The van der Waals surface area contributed by atoms with Crippen LogP contribution in [0, 0.1) is 30.4 Å². The Balaban J connectivity index is 1.44. The lowest BCUT2D eigenvalue weighted by Crippen LogP contribution is -2.49. The molecule has 2 aromatic rings. The van der Waals surface area contributed by atoms with Crippen LogP contribution in [-0.4, -0.2) is 51.8 Å². The first-order valence-corrected chi connectivity index (χ1v) is 19.7. The van der Waals surface area contributed by atoms with Crippen LogP contribution in [0.15, 0.2) is 35.2 Å². The molecule has 0 radical (unpaired) electrons. The van der Waals surface area contributed by atoms with Crippen molar-refractivity contribution in [2.75, 3.05) is 6.26 Å². The van der Waals surface area contributed by atoms with Crippen molar-refractivity contribution in [1.29, 1.82) is 0 Å². The van der Waals surface area contributed by atoms with Gasteiger partial charge in [-0.05, 0) is 98.0 Å². The first-order chi connectivity index (χ1) is 19.9. The average Bonchev–Trinajstić information content (AvgIpc) is 3.84. The number of halogens is 2. The van der Waals surface area contributed by atoms with E-state index in [1.807, 2.05) is 0 Å². The first-order valence-electron chi connectivity index (χ1n) is 14.9. The normalized spacial score (nSPS) is 22.7. The van der Waals surface area contributed by atoms with E-state index in [0.29, 0.717) is 12.0 Å². The van der Waals surface area contributed by atoms with Gasteiger partial charge in [0.2, 0.25) is 5.91 Å². The van der Waals surface area contributed by atoms with E-state index in [2.05, 4.69) is 39.2 Å². The van der Waals surface area contributed by atoms with Gasteiger partial charge in [0, 0.05) is 23.4 Å². The molecule has 1 aliphatic heterocycles. The summed E-state index contributed by atoms with van der Waals surface area (Å²) in [5, 5.41) is 2.89. The second kappa shape index (κ2) is 11.1. The van der Waals surface area contributed by atoms with Gasteiger partial charge in [-0.2, -0.15) is 0 Å². The zero-order valence-electron chi connectivity index (χ0n) is 26.0. The third-order valence-electron chi connectivity index (χ3n) is 9.78. The van der Waals surface area contributed by atoms with Crippen molar-refractivity contribution in [2.45, 2.75) is 101 Å². The SMILES string of the molecule is Cc1cc(F)c([C@H](NC(=O)[C@H]2CC3C[C@H]3N2C(=O)c2cc(S(C)(=O)=O)ccc2CO[Si](C)(C)C(C)(C)C)C2CC2)cc1F. The predicted octanol–water partition coefficient (Wildman–Crippen LogP) is 6.07. The second-order valence-corrected chi connectivity index (χ2v) is 20.9. The van der Waals surface area contributed by atoms with Gasteiger partial charge in [-0.25, -0.2) is 17.2 Å². The van der Waals surface area contributed by atoms with Crippen LogP contribution in [0.5, 0.6) is 0 Å². The van der Waals surface area contributed by atoms with Crippen LogP contribution in [0.3, 0.4) is 0 Å². The topological polar surface area (TPSA) is 92.8 Å². The number of aryl methyl sites for hydroxylation is 1. The zero-order chi connectivity index (χ0) is 31.6. The molecule has 1 heterocycles. The lowest BCUT2D eigenvalue weighted by molar-refractivity contribution is -0.126. The molecule has 2 aliphatic carbocycles. The molecule has 1 saturated heterocycles. The van der Waals surface area contributed by atoms with Gasteiger partial charge in [-0.1, -0.05) is 26.8 Å². The molecular formula is C32H42F2N2O5SSi. The van der Waals surface area contributed by atoms with Crippen LogP contribution in [0.1, 0.15) is 79.5 Å². The number of rotatable bonds is 9. The number of carbonyl (C=O) groups is 2. The molecule has 0 bridgehead atoms. The number of nitrogens with zero attached hydrogens (tertiary/aromatic N) is 1. The van der Waals surface area contributed by atoms with Gasteiger partial charge in [-0.3, -0.25) is 9.59 Å². The molecule has 234 valence electrons. The fraction of sp³-hybridized carbons (Fsp3) is 0.562. The number of carbonyl (C=O) groups excluding carboxylic acids is 2. The lowest BCUT2D eigenvalue weighted by atomic mass is 9.98. The van der Waals surface area contributed by atoms with E-state index < -0.39 is 53.7 Å². The molecule has 2 saturated carbocycles. The minimum Gasteiger partial charge on any atom is -0.413 e. The molecule has 11 heteroatoms. The van der Waals surface area contributed by atoms with Gasteiger partial charge in [-0.15, -0.1) is 0 Å². The third-order valence-corrected chi connectivity index (χ3v) is 15.4. The summed E-state index contributed by atoms with van der Waals surface area (Å²) in [7, 11) is -5.80. The summed E-state index contributed by atoms with van der Waals surface area (Å²) in [6.45, 7) is 12.2. The molecule has 0 spiro atoms. The Morgan fingerprint density at radius 2 is 1.77 bits per heavy atom. The van der Waals surface area contributed by atoms with Gasteiger partial charge in [0.1, 0.15) is 17.7 Å². The molecule has 0 aromatic heterocycles. The summed E-state index contributed by atoms with van der Waals surface area (Å²) in [5.74, 6) is -1.77. The highest BCUT2D eigenvalue weighted by Crippen LogP contribution is 2.49. The number of hydrogen-bond donors (Lipinski definition) is 1. The number of hydrogen-bond acceptors (Lipinski definition) is 5. The Labute approximate surface area is 254 Å². The van der Waals surface area contributed by atoms with Crippen LogP contribution in [0.25, 0.3) is 0 Å². The Morgan fingerprint density at radius 3 is 2.37 bits per heavy atom. The summed E-state index contributed by atoms with van der Waals surface area (Å²) in [6.07, 6.45) is 3.89.